The molecule has 2 aromatic rings. The summed E-state index contributed by atoms with van der Waals surface area (Å²) in [7, 11) is 0. The number of carbonyl (C=O) groups excluding carboxylic acids is 1. The maximum atomic E-state index is 11.6. The van der Waals surface area contributed by atoms with Crippen LogP contribution in [0.25, 0.3) is 10.9 Å². The molecule has 3 rings (SSSR count). The number of aromatic amines is 1. The maximum absolute atomic E-state index is 11.6. The highest BCUT2D eigenvalue weighted by atomic mass is 16.1. The highest BCUT2D eigenvalue weighted by molar-refractivity contribution is 6.17. The van der Waals surface area contributed by atoms with Crippen molar-refractivity contribution in [2.24, 2.45) is 4.99 Å². The molecular formula is C11H8N2O. The van der Waals surface area contributed by atoms with Gasteiger partial charge in [0.2, 0.25) is 0 Å². The predicted molar refractivity (Wildman–Crippen MR) is 55.4 cm³/mol. The van der Waals surface area contributed by atoms with Gasteiger partial charge in [0.05, 0.1) is 5.56 Å². The van der Waals surface area contributed by atoms with Crippen molar-refractivity contribution >= 4 is 28.7 Å². The minimum absolute atomic E-state index is 0.146. The lowest BCUT2D eigenvalue weighted by Crippen LogP contribution is -2.02. The number of H-pyrrole nitrogens is 1. The Morgan fingerprint density at radius 3 is 3.07 bits per heavy atom. The molecule has 14 heavy (non-hydrogen) atoms. The number of aromatic nitrogens is 1. The third-order valence-corrected chi connectivity index (χ3v) is 2.46. The average Bonchev–Trinajstić information content (AvgIpc) is 2.57. The van der Waals surface area contributed by atoms with E-state index < -0.39 is 0 Å². The Labute approximate surface area is 80.5 Å². The number of carbonyl (C=O) groups is 1. The molecule has 1 aliphatic heterocycles. The minimum atomic E-state index is 0.146. The summed E-state index contributed by atoms with van der Waals surface area (Å²) in [6.45, 7) is 0. The number of ketones is 1. The molecule has 0 bridgehead atoms. The standard InChI is InChI=1S/C11H8N2O/c14-9-5-6-12-11-10(9)7-3-1-2-4-8(7)13-11/h1-4,6,13H,5H2. The lowest BCUT2D eigenvalue weighted by atomic mass is 10.1. The second-order valence-electron chi connectivity index (χ2n) is 3.33. The molecule has 3 heteroatoms. The van der Waals surface area contributed by atoms with Crippen LogP contribution in [0, 0.1) is 0 Å². The Kier molecular flexibility index (Phi) is 1.36. The Balaban J connectivity index is 2.46. The molecule has 0 unspecified atom stereocenters. The average molecular weight is 184 g/mol. The molecule has 2 heterocycles. The van der Waals surface area contributed by atoms with Gasteiger partial charge in [-0.25, -0.2) is 4.99 Å². The van der Waals surface area contributed by atoms with E-state index >= 15 is 0 Å². The van der Waals surface area contributed by atoms with Crippen molar-refractivity contribution in [3.05, 3.63) is 29.8 Å². The predicted octanol–water partition coefficient (Wildman–Crippen LogP) is 2.46. The molecule has 1 aromatic heterocycles. The topological polar surface area (TPSA) is 45.2 Å². The second-order valence-corrected chi connectivity index (χ2v) is 3.33. The van der Waals surface area contributed by atoms with Crippen molar-refractivity contribution in [3.8, 4) is 0 Å². The number of fused-ring (bicyclic) bond motifs is 3. The largest absolute Gasteiger partial charge is 0.339 e. The molecule has 0 spiro atoms. The highest BCUT2D eigenvalue weighted by Gasteiger charge is 2.19. The third kappa shape index (κ3) is 0.865. The summed E-state index contributed by atoms with van der Waals surface area (Å²) < 4.78 is 0. The quantitative estimate of drug-likeness (QED) is 0.671. The number of nitrogens with zero attached hydrogens (tertiary/aromatic N) is 1. The van der Waals surface area contributed by atoms with Crippen LogP contribution in [0.2, 0.25) is 0 Å². The van der Waals surface area contributed by atoms with Crippen LogP contribution in [0.15, 0.2) is 29.3 Å². The summed E-state index contributed by atoms with van der Waals surface area (Å²) in [5.74, 6) is 0.843. The monoisotopic (exact) mass is 184 g/mol. The summed E-state index contributed by atoms with van der Waals surface area (Å²) >= 11 is 0. The third-order valence-electron chi connectivity index (χ3n) is 2.46. The van der Waals surface area contributed by atoms with E-state index in [1.807, 2.05) is 24.3 Å². The molecule has 0 amide bonds. The van der Waals surface area contributed by atoms with Crippen molar-refractivity contribution in [1.29, 1.82) is 0 Å². The van der Waals surface area contributed by atoms with Crippen molar-refractivity contribution in [3.63, 3.8) is 0 Å². The molecule has 0 saturated heterocycles. The minimum Gasteiger partial charge on any atom is -0.339 e. The molecule has 3 nitrogen and oxygen atoms in total. The first kappa shape index (κ1) is 7.50. The van der Waals surface area contributed by atoms with Crippen LogP contribution in [0.4, 0.5) is 5.82 Å². The van der Waals surface area contributed by atoms with E-state index in [2.05, 4.69) is 9.98 Å². The fourth-order valence-corrected chi connectivity index (χ4v) is 1.83. The van der Waals surface area contributed by atoms with Gasteiger partial charge in [-0.15, -0.1) is 0 Å². The number of aliphatic imine (C=N–C) groups is 1. The van der Waals surface area contributed by atoms with Gasteiger partial charge in [-0.2, -0.15) is 0 Å². The van der Waals surface area contributed by atoms with E-state index in [0.29, 0.717) is 12.2 Å². The summed E-state index contributed by atoms with van der Waals surface area (Å²) in [5, 5.41) is 0.976. The molecular weight excluding hydrogens is 176 g/mol. The summed E-state index contributed by atoms with van der Waals surface area (Å²) in [5.41, 5.74) is 1.72. The molecule has 0 saturated carbocycles. The van der Waals surface area contributed by atoms with Crippen LogP contribution in [-0.4, -0.2) is 17.0 Å². The molecule has 1 aliphatic rings. The van der Waals surface area contributed by atoms with E-state index in [9.17, 15) is 4.79 Å². The van der Waals surface area contributed by atoms with E-state index in [4.69, 9.17) is 0 Å². The number of Topliss-reactive ketones (excluding diaryl/α,β-unsaturated/α-hetero) is 1. The van der Waals surface area contributed by atoms with Gasteiger partial charge in [0.1, 0.15) is 5.82 Å². The van der Waals surface area contributed by atoms with Crippen LogP contribution >= 0.6 is 0 Å². The lowest BCUT2D eigenvalue weighted by molar-refractivity contribution is 0.100. The van der Waals surface area contributed by atoms with Gasteiger partial charge in [-0.1, -0.05) is 18.2 Å². The molecule has 0 atom stereocenters. The zero-order chi connectivity index (χ0) is 9.54. The zero-order valence-corrected chi connectivity index (χ0v) is 7.45. The van der Waals surface area contributed by atoms with Crippen molar-refractivity contribution in [2.45, 2.75) is 6.42 Å². The van der Waals surface area contributed by atoms with Crippen LogP contribution in [0.5, 0.6) is 0 Å². The van der Waals surface area contributed by atoms with Crippen molar-refractivity contribution in [2.75, 3.05) is 0 Å². The summed E-state index contributed by atoms with van der Waals surface area (Å²) in [4.78, 5) is 19.0. The maximum Gasteiger partial charge on any atom is 0.172 e. The summed E-state index contributed by atoms with van der Waals surface area (Å²) in [6, 6.07) is 7.78. The Morgan fingerprint density at radius 1 is 1.29 bits per heavy atom. The summed E-state index contributed by atoms with van der Waals surface area (Å²) in [6.07, 6.45) is 2.06. The number of para-hydroxylation sites is 1. The number of nitrogens with one attached hydrogen (secondary N) is 1. The van der Waals surface area contributed by atoms with Gasteiger partial charge >= 0.3 is 0 Å². The Hall–Kier alpha value is -1.90. The first-order valence-electron chi connectivity index (χ1n) is 4.53. The van der Waals surface area contributed by atoms with Crippen LogP contribution in [0.1, 0.15) is 16.8 Å². The smallest absolute Gasteiger partial charge is 0.172 e. The van der Waals surface area contributed by atoms with Crippen LogP contribution in [0.3, 0.4) is 0 Å². The Morgan fingerprint density at radius 2 is 2.14 bits per heavy atom. The van der Waals surface area contributed by atoms with Gasteiger partial charge in [-0.3, -0.25) is 4.79 Å². The molecule has 0 radical (unpaired) electrons. The molecule has 0 fully saturated rings. The highest BCUT2D eigenvalue weighted by Crippen LogP contribution is 2.30. The molecule has 1 aromatic carbocycles. The molecule has 1 N–H and O–H groups in total. The SMILES string of the molecule is O=C1CC=Nc2[nH]c3ccccc3c21. The number of hydrogen-bond donors (Lipinski definition) is 1. The van der Waals surface area contributed by atoms with Gasteiger partial charge in [-0.05, 0) is 6.07 Å². The normalized spacial score (nSPS) is 14.7. The van der Waals surface area contributed by atoms with E-state index in [1.165, 1.54) is 0 Å². The van der Waals surface area contributed by atoms with Crippen LogP contribution < -0.4 is 0 Å². The van der Waals surface area contributed by atoms with Crippen molar-refractivity contribution in [1.82, 2.24) is 4.98 Å². The molecule has 0 aliphatic carbocycles. The first-order valence-corrected chi connectivity index (χ1v) is 4.53. The molecule has 68 valence electrons. The fraction of sp³-hybridized carbons (Fsp3) is 0.0909. The first-order chi connectivity index (χ1) is 6.86. The van der Waals surface area contributed by atoms with E-state index in [0.717, 1.165) is 16.5 Å². The fourth-order valence-electron chi connectivity index (χ4n) is 1.83. The van der Waals surface area contributed by atoms with Crippen molar-refractivity contribution < 1.29 is 4.79 Å². The second kappa shape index (κ2) is 2.54. The zero-order valence-electron chi connectivity index (χ0n) is 7.45. The van der Waals surface area contributed by atoms with E-state index in [1.54, 1.807) is 6.21 Å². The number of benzene rings is 1. The number of rotatable bonds is 0. The van der Waals surface area contributed by atoms with Gasteiger partial charge in [0.15, 0.2) is 5.78 Å². The number of hydrogen-bond acceptors (Lipinski definition) is 2. The van der Waals surface area contributed by atoms with Gasteiger partial charge < -0.3 is 4.98 Å². The Bertz CT molecular complexity index is 551. The lowest BCUT2D eigenvalue weighted by Gasteiger charge is -2.02. The van der Waals surface area contributed by atoms with Gasteiger partial charge in [0.25, 0.3) is 0 Å². The van der Waals surface area contributed by atoms with Crippen LogP contribution in [-0.2, 0) is 0 Å². The van der Waals surface area contributed by atoms with Gasteiger partial charge in [0, 0.05) is 23.5 Å². The van der Waals surface area contributed by atoms with E-state index in [-0.39, 0.29) is 5.78 Å².